The van der Waals surface area contributed by atoms with Crippen LogP contribution >= 0.6 is 12.6 Å². The van der Waals surface area contributed by atoms with Crippen molar-refractivity contribution in [3.8, 4) is 0 Å². The van der Waals surface area contributed by atoms with Crippen LogP contribution in [-0.2, 0) is 31.4 Å². The average Bonchev–Trinajstić information content (AvgIpc) is 3.66. The van der Waals surface area contributed by atoms with E-state index in [1.807, 2.05) is 24.5 Å². The first kappa shape index (κ1) is 28.3. The van der Waals surface area contributed by atoms with Crippen molar-refractivity contribution >= 4 is 24.2 Å². The molecule has 4 aliphatic carbocycles. The number of aromatic nitrogens is 1. The molecule has 222 valence electrons. The zero-order chi connectivity index (χ0) is 29.4. The third kappa shape index (κ3) is 3.95. The molecule has 4 fully saturated rings. The molecule has 7 nitrogen and oxygen atoms in total. The van der Waals surface area contributed by atoms with Gasteiger partial charge in [0.25, 0.3) is 0 Å². The molecule has 1 aliphatic heterocycles. The Hall–Kier alpha value is -2.49. The lowest BCUT2D eigenvalue weighted by molar-refractivity contribution is -0.201. The molecule has 42 heavy (non-hydrogen) atoms. The first-order valence-corrected chi connectivity index (χ1v) is 15.7. The van der Waals surface area contributed by atoms with Crippen LogP contribution in [0.15, 0.2) is 66.5 Å². The average molecular weight is 590 g/mol. The Balaban J connectivity index is 1.17. The van der Waals surface area contributed by atoms with E-state index in [2.05, 4.69) is 55.3 Å². The molecule has 0 radical (unpaired) electrons. The molecule has 8 heteroatoms. The summed E-state index contributed by atoms with van der Waals surface area (Å²) in [6.07, 6.45) is 10.0. The zero-order valence-corrected chi connectivity index (χ0v) is 25.0. The third-order valence-electron chi connectivity index (χ3n) is 11.4. The third-order valence-corrected chi connectivity index (χ3v) is 11.8. The molecule has 2 aromatic rings. The summed E-state index contributed by atoms with van der Waals surface area (Å²) < 4.78 is 15.4. The van der Waals surface area contributed by atoms with Crippen molar-refractivity contribution in [2.75, 3.05) is 6.61 Å². The number of allylic oxidation sites excluding steroid dienone is 4. The molecule has 1 saturated heterocycles. The van der Waals surface area contributed by atoms with E-state index in [-0.39, 0.29) is 29.3 Å². The highest BCUT2D eigenvalue weighted by Crippen LogP contribution is 2.70. The fourth-order valence-corrected chi connectivity index (χ4v) is 9.70. The minimum absolute atomic E-state index is 0.00652. The molecule has 3 saturated carbocycles. The van der Waals surface area contributed by atoms with Gasteiger partial charge in [-0.2, -0.15) is 12.6 Å². The number of rotatable bonds is 6. The van der Waals surface area contributed by atoms with Crippen LogP contribution in [0.2, 0.25) is 0 Å². The number of Topliss-reactive ketones (excluding diaryl/α,β-unsaturated/α-hetero) is 1. The summed E-state index contributed by atoms with van der Waals surface area (Å²) in [6.45, 7) is 4.24. The van der Waals surface area contributed by atoms with Crippen molar-refractivity contribution in [3.05, 3.63) is 83.2 Å². The Morgan fingerprint density at radius 3 is 2.67 bits per heavy atom. The minimum Gasteiger partial charge on any atom is -0.393 e. The first-order valence-electron chi connectivity index (χ1n) is 15.1. The fraction of sp³-hybridized carbons (Fsp3) is 0.529. The maximum atomic E-state index is 13.7. The monoisotopic (exact) mass is 589 g/mol. The van der Waals surface area contributed by atoms with Crippen molar-refractivity contribution < 1.29 is 29.3 Å². The quantitative estimate of drug-likeness (QED) is 0.427. The van der Waals surface area contributed by atoms with Gasteiger partial charge >= 0.3 is 0 Å². The second-order valence-corrected chi connectivity index (χ2v) is 13.7. The standard InChI is InChI=1S/C34H39NO6S/c1-32-11-9-24(37)13-23(32)7-8-25-26-14-29-34(28(39)18-36,33(26,2)15-27(38)30(25)32)41-31(40-29)22-10-12-35(17-22)16-20-3-5-21(19-42)6-4-20/h3-6,9-13,17,25-27,29-31,36,38,42H,7-8,14-16,18-19H2,1-2H3/t25-,26-,27-,29+,30+,31+,32-,33-,34+/m0/s1. The number of fused-ring (bicyclic) bond motifs is 7. The summed E-state index contributed by atoms with van der Waals surface area (Å²) >= 11 is 4.34. The molecular formula is C34H39NO6S. The normalized spacial score (nSPS) is 40.2. The van der Waals surface area contributed by atoms with E-state index in [1.54, 1.807) is 12.2 Å². The largest absolute Gasteiger partial charge is 0.393 e. The predicted octanol–water partition coefficient (Wildman–Crippen LogP) is 4.57. The molecule has 2 N–H and O–H groups in total. The lowest BCUT2D eigenvalue weighted by Gasteiger charge is -2.59. The van der Waals surface area contributed by atoms with Gasteiger partial charge in [-0.05, 0) is 66.9 Å². The summed E-state index contributed by atoms with van der Waals surface area (Å²) in [4.78, 5) is 25.9. The Kier molecular flexibility index (Phi) is 6.75. The first-order chi connectivity index (χ1) is 20.1. The van der Waals surface area contributed by atoms with E-state index in [4.69, 9.17) is 9.47 Å². The summed E-state index contributed by atoms with van der Waals surface area (Å²) in [5.74, 6) is 0.474. The van der Waals surface area contributed by atoms with E-state index in [0.29, 0.717) is 25.1 Å². The number of carbonyl (C=O) groups excluding carboxylic acids is 2. The Labute approximate surface area is 252 Å². The van der Waals surface area contributed by atoms with Crippen LogP contribution in [0, 0.1) is 28.6 Å². The van der Waals surface area contributed by atoms with Crippen LogP contribution in [0.4, 0.5) is 0 Å². The van der Waals surface area contributed by atoms with Crippen LogP contribution < -0.4 is 0 Å². The van der Waals surface area contributed by atoms with Crippen molar-refractivity contribution in [2.24, 2.45) is 28.6 Å². The Morgan fingerprint density at radius 2 is 1.93 bits per heavy atom. The van der Waals surface area contributed by atoms with Gasteiger partial charge in [-0.15, -0.1) is 0 Å². The maximum absolute atomic E-state index is 13.7. The van der Waals surface area contributed by atoms with Crippen molar-refractivity contribution in [1.82, 2.24) is 4.57 Å². The second kappa shape index (κ2) is 10.0. The number of ether oxygens (including phenoxy) is 2. The molecule has 9 atom stereocenters. The maximum Gasteiger partial charge on any atom is 0.193 e. The smallest absolute Gasteiger partial charge is 0.193 e. The summed E-state index contributed by atoms with van der Waals surface area (Å²) in [7, 11) is 0. The Morgan fingerprint density at radius 1 is 1.17 bits per heavy atom. The van der Waals surface area contributed by atoms with Crippen LogP contribution in [0.1, 0.15) is 62.5 Å². The number of thiol groups is 1. The highest BCUT2D eigenvalue weighted by atomic mass is 32.1. The second-order valence-electron chi connectivity index (χ2n) is 13.4. The van der Waals surface area contributed by atoms with Gasteiger partial charge in [-0.1, -0.05) is 49.8 Å². The van der Waals surface area contributed by atoms with E-state index in [9.17, 15) is 19.8 Å². The number of aliphatic hydroxyl groups excluding tert-OH is 2. The van der Waals surface area contributed by atoms with Crippen molar-refractivity contribution in [3.63, 3.8) is 0 Å². The molecule has 1 aromatic carbocycles. The van der Waals surface area contributed by atoms with Crippen LogP contribution in [0.3, 0.4) is 0 Å². The number of aliphatic hydroxyl groups is 2. The SMILES string of the molecule is C[C@]12C=CC(=O)C=C1CC[C@@H]1[C@@H]2[C@@H](O)C[C@@]2(C)[C@H]1C[C@H]1O[C@@H](c3ccn(Cc4ccc(CS)cc4)c3)O[C@]12C(=O)CO. The molecular weight excluding hydrogens is 550 g/mol. The van der Waals surface area contributed by atoms with E-state index < -0.39 is 41.5 Å². The molecule has 5 aliphatic rings. The van der Waals surface area contributed by atoms with Gasteiger partial charge < -0.3 is 24.3 Å². The number of nitrogens with zero attached hydrogens (tertiary/aromatic N) is 1. The van der Waals surface area contributed by atoms with Crippen LogP contribution in [0.25, 0.3) is 0 Å². The van der Waals surface area contributed by atoms with Crippen LogP contribution in [-0.4, -0.2) is 50.8 Å². The highest BCUT2D eigenvalue weighted by molar-refractivity contribution is 7.79. The van der Waals surface area contributed by atoms with Crippen LogP contribution in [0.5, 0.6) is 0 Å². The molecule has 0 spiro atoms. The molecule has 1 aromatic heterocycles. The summed E-state index contributed by atoms with van der Waals surface area (Å²) in [5.41, 5.74) is 1.80. The Bertz CT molecular complexity index is 1480. The lowest BCUT2D eigenvalue weighted by Crippen LogP contribution is -2.63. The van der Waals surface area contributed by atoms with Crippen molar-refractivity contribution in [1.29, 1.82) is 0 Å². The summed E-state index contributed by atoms with van der Waals surface area (Å²) in [5, 5.41) is 22.0. The lowest BCUT2D eigenvalue weighted by atomic mass is 9.46. The minimum atomic E-state index is -1.34. The van der Waals surface area contributed by atoms with Gasteiger partial charge in [-0.25, -0.2) is 0 Å². The number of benzene rings is 1. The predicted molar refractivity (Wildman–Crippen MR) is 160 cm³/mol. The van der Waals surface area contributed by atoms with Gasteiger partial charge in [0.05, 0.1) is 12.2 Å². The van der Waals surface area contributed by atoms with Gasteiger partial charge in [-0.3, -0.25) is 9.59 Å². The van der Waals surface area contributed by atoms with Gasteiger partial charge in [0.2, 0.25) is 0 Å². The van der Waals surface area contributed by atoms with E-state index in [1.165, 1.54) is 5.56 Å². The van der Waals surface area contributed by atoms with E-state index in [0.717, 1.165) is 29.5 Å². The highest BCUT2D eigenvalue weighted by Gasteiger charge is 2.75. The number of ketones is 2. The number of hydrogen-bond acceptors (Lipinski definition) is 7. The fourth-order valence-electron chi connectivity index (χ4n) is 9.49. The molecule has 0 unspecified atom stereocenters. The summed E-state index contributed by atoms with van der Waals surface area (Å²) in [6, 6.07) is 10.3. The topological polar surface area (TPSA) is 98.0 Å². The van der Waals surface area contributed by atoms with Gasteiger partial charge in [0, 0.05) is 47.0 Å². The van der Waals surface area contributed by atoms with Gasteiger partial charge in [0.15, 0.2) is 23.5 Å². The molecule has 7 rings (SSSR count). The zero-order valence-electron chi connectivity index (χ0n) is 24.1. The van der Waals surface area contributed by atoms with E-state index >= 15 is 0 Å². The molecule has 0 amide bonds. The molecule has 2 heterocycles. The van der Waals surface area contributed by atoms with Crippen molar-refractivity contribution in [2.45, 2.75) is 75.9 Å². The van der Waals surface area contributed by atoms with Gasteiger partial charge in [0.1, 0.15) is 6.61 Å². The number of hydrogen-bond donors (Lipinski definition) is 3. The molecule has 0 bridgehead atoms. The number of carbonyl (C=O) groups is 2.